The van der Waals surface area contributed by atoms with Crippen molar-refractivity contribution in [3.05, 3.63) is 60.2 Å². The third-order valence-corrected chi connectivity index (χ3v) is 6.27. The number of halogens is 1. The fourth-order valence-electron chi connectivity index (χ4n) is 4.94. The highest BCUT2D eigenvalue weighted by atomic mass is 79.9. The molecule has 0 saturated carbocycles. The predicted octanol–water partition coefficient (Wildman–Crippen LogP) is 1.56. The molecule has 0 N–H and O–H groups in total. The number of nitrogens with zero attached hydrogens (tertiary/aromatic N) is 1. The molecule has 2 aromatic rings. The Labute approximate surface area is 161 Å². The van der Waals surface area contributed by atoms with E-state index in [9.17, 15) is 4.79 Å². The zero-order valence-corrected chi connectivity index (χ0v) is 16.4. The SMILES string of the molecule is CC1CC[N+]2(CC(=O)c3ccc(-c4ccccc4)cc3)CCCC12.[Br-]. The molecular weight excluding hydrogens is 374 g/mol. The number of fused-ring (bicyclic) bond motifs is 1. The molecule has 3 heteroatoms. The quantitative estimate of drug-likeness (QED) is 0.563. The van der Waals surface area contributed by atoms with Gasteiger partial charge in [0, 0.05) is 30.7 Å². The molecule has 0 radical (unpaired) electrons. The molecule has 132 valence electrons. The summed E-state index contributed by atoms with van der Waals surface area (Å²) in [5.41, 5.74) is 3.24. The molecule has 2 aliphatic rings. The molecule has 25 heavy (non-hydrogen) atoms. The first-order valence-electron chi connectivity index (χ1n) is 9.22. The van der Waals surface area contributed by atoms with Gasteiger partial charge in [-0.3, -0.25) is 4.79 Å². The van der Waals surface area contributed by atoms with Gasteiger partial charge >= 0.3 is 0 Å². The lowest BCUT2D eigenvalue weighted by Crippen LogP contribution is -3.00. The second-order valence-corrected chi connectivity index (χ2v) is 7.67. The summed E-state index contributed by atoms with van der Waals surface area (Å²) in [6.07, 6.45) is 3.88. The van der Waals surface area contributed by atoms with Crippen molar-refractivity contribution in [2.75, 3.05) is 19.6 Å². The summed E-state index contributed by atoms with van der Waals surface area (Å²) in [6.45, 7) is 5.46. The van der Waals surface area contributed by atoms with Gasteiger partial charge in [0.1, 0.15) is 6.54 Å². The first-order valence-corrected chi connectivity index (χ1v) is 9.22. The number of ketones is 1. The molecule has 2 aromatic carbocycles. The smallest absolute Gasteiger partial charge is 0.216 e. The minimum Gasteiger partial charge on any atom is -1.00 e. The molecule has 4 rings (SSSR count). The molecule has 2 heterocycles. The highest BCUT2D eigenvalue weighted by Crippen LogP contribution is 2.40. The number of rotatable bonds is 4. The van der Waals surface area contributed by atoms with Crippen molar-refractivity contribution >= 4 is 5.78 Å². The van der Waals surface area contributed by atoms with E-state index < -0.39 is 0 Å². The summed E-state index contributed by atoms with van der Waals surface area (Å²) in [5.74, 6) is 1.09. The largest absolute Gasteiger partial charge is 1.00 e. The molecule has 0 bridgehead atoms. The van der Waals surface area contributed by atoms with Crippen LogP contribution in [0.3, 0.4) is 0 Å². The van der Waals surface area contributed by atoms with Crippen LogP contribution in [0.25, 0.3) is 11.1 Å². The molecule has 0 spiro atoms. The topological polar surface area (TPSA) is 17.1 Å². The maximum absolute atomic E-state index is 12.9. The van der Waals surface area contributed by atoms with Crippen LogP contribution < -0.4 is 17.0 Å². The van der Waals surface area contributed by atoms with Crippen molar-refractivity contribution < 1.29 is 26.3 Å². The molecular formula is C22H26BrNO. The Kier molecular flexibility index (Phi) is 5.45. The van der Waals surface area contributed by atoms with Crippen LogP contribution in [0, 0.1) is 5.92 Å². The van der Waals surface area contributed by atoms with Crippen LogP contribution >= 0.6 is 0 Å². The Morgan fingerprint density at radius 1 is 0.960 bits per heavy atom. The normalized spacial score (nSPS) is 27.6. The van der Waals surface area contributed by atoms with E-state index >= 15 is 0 Å². The second kappa shape index (κ2) is 7.43. The van der Waals surface area contributed by atoms with Crippen LogP contribution in [-0.4, -0.2) is 35.9 Å². The van der Waals surface area contributed by atoms with Crippen molar-refractivity contribution in [1.82, 2.24) is 0 Å². The summed E-state index contributed by atoms with van der Waals surface area (Å²) >= 11 is 0. The maximum Gasteiger partial charge on any atom is 0.216 e. The molecule has 3 atom stereocenters. The van der Waals surface area contributed by atoms with E-state index in [2.05, 4.69) is 31.2 Å². The maximum atomic E-state index is 12.9. The van der Waals surface area contributed by atoms with Gasteiger partial charge in [0.2, 0.25) is 5.78 Å². The van der Waals surface area contributed by atoms with Crippen molar-refractivity contribution in [3.63, 3.8) is 0 Å². The number of carbonyl (C=O) groups is 1. The Balaban J connectivity index is 0.00000182. The van der Waals surface area contributed by atoms with Gasteiger partial charge in [-0.05, 0) is 11.1 Å². The third-order valence-electron chi connectivity index (χ3n) is 6.27. The van der Waals surface area contributed by atoms with E-state index in [1.165, 1.54) is 43.5 Å². The summed E-state index contributed by atoms with van der Waals surface area (Å²) in [7, 11) is 0. The fourth-order valence-corrected chi connectivity index (χ4v) is 4.94. The predicted molar refractivity (Wildman–Crippen MR) is 97.9 cm³/mol. The molecule has 2 fully saturated rings. The zero-order chi connectivity index (χ0) is 16.6. The van der Waals surface area contributed by atoms with Crippen LogP contribution in [0.2, 0.25) is 0 Å². The van der Waals surface area contributed by atoms with Gasteiger partial charge in [0.25, 0.3) is 0 Å². The van der Waals surface area contributed by atoms with Crippen molar-refractivity contribution in [2.45, 2.75) is 32.2 Å². The van der Waals surface area contributed by atoms with Gasteiger partial charge in [0.05, 0.1) is 19.1 Å². The second-order valence-electron chi connectivity index (χ2n) is 7.67. The average Bonchev–Trinajstić information content (AvgIpc) is 3.16. The van der Waals surface area contributed by atoms with Crippen LogP contribution in [0.1, 0.15) is 36.5 Å². The Morgan fingerprint density at radius 3 is 2.36 bits per heavy atom. The highest BCUT2D eigenvalue weighted by Gasteiger charge is 2.50. The fraction of sp³-hybridized carbons (Fsp3) is 0.409. The Morgan fingerprint density at radius 2 is 1.64 bits per heavy atom. The van der Waals surface area contributed by atoms with E-state index in [4.69, 9.17) is 0 Å². The molecule has 0 aliphatic carbocycles. The van der Waals surface area contributed by atoms with Crippen LogP contribution in [0.4, 0.5) is 0 Å². The monoisotopic (exact) mass is 399 g/mol. The number of hydrogen-bond acceptors (Lipinski definition) is 1. The standard InChI is InChI=1S/C22H26NO.BrH/c1-17-13-15-23(14-5-8-21(17)23)16-22(24)20-11-9-19(10-12-20)18-6-3-2-4-7-18;/h2-4,6-7,9-12,17,21H,5,8,13-16H2,1H3;1H/q+1;/p-1. The number of quaternary nitrogens is 1. The van der Waals surface area contributed by atoms with E-state index in [1.807, 2.05) is 30.3 Å². The molecule has 0 amide bonds. The van der Waals surface area contributed by atoms with E-state index in [0.29, 0.717) is 12.3 Å². The molecule has 0 aromatic heterocycles. The van der Waals surface area contributed by atoms with Gasteiger partial charge in [-0.1, -0.05) is 61.5 Å². The van der Waals surface area contributed by atoms with Crippen LogP contribution in [-0.2, 0) is 0 Å². The first kappa shape index (κ1) is 18.3. The van der Waals surface area contributed by atoms with E-state index in [-0.39, 0.29) is 17.0 Å². The molecule has 2 saturated heterocycles. The lowest BCUT2D eigenvalue weighted by molar-refractivity contribution is -0.921. The molecule has 2 nitrogen and oxygen atoms in total. The van der Waals surface area contributed by atoms with Gasteiger partial charge in [-0.2, -0.15) is 0 Å². The summed E-state index contributed by atoms with van der Waals surface area (Å²) in [5, 5.41) is 0. The van der Waals surface area contributed by atoms with E-state index in [1.54, 1.807) is 0 Å². The summed E-state index contributed by atoms with van der Waals surface area (Å²) in [6, 6.07) is 19.2. The average molecular weight is 400 g/mol. The molecule has 3 unspecified atom stereocenters. The van der Waals surface area contributed by atoms with Crippen molar-refractivity contribution in [2.24, 2.45) is 5.92 Å². The number of Topliss-reactive ketones (excluding diaryl/α,β-unsaturated/α-hetero) is 1. The van der Waals surface area contributed by atoms with Gasteiger partial charge in [-0.25, -0.2) is 0 Å². The zero-order valence-electron chi connectivity index (χ0n) is 14.8. The number of hydrogen-bond donors (Lipinski definition) is 0. The lowest BCUT2D eigenvalue weighted by Gasteiger charge is -2.35. The van der Waals surface area contributed by atoms with Crippen LogP contribution in [0.15, 0.2) is 54.6 Å². The summed E-state index contributed by atoms with van der Waals surface area (Å²) < 4.78 is 1.06. The van der Waals surface area contributed by atoms with Crippen LogP contribution in [0.5, 0.6) is 0 Å². The number of benzene rings is 2. The van der Waals surface area contributed by atoms with E-state index in [0.717, 1.165) is 22.0 Å². The minimum atomic E-state index is 0. The van der Waals surface area contributed by atoms with Crippen molar-refractivity contribution in [3.8, 4) is 11.1 Å². The molecule has 2 aliphatic heterocycles. The highest BCUT2D eigenvalue weighted by molar-refractivity contribution is 5.97. The van der Waals surface area contributed by atoms with Crippen molar-refractivity contribution in [1.29, 1.82) is 0 Å². The number of carbonyl (C=O) groups excluding carboxylic acids is 1. The van der Waals surface area contributed by atoms with Gasteiger partial charge in [-0.15, -0.1) is 0 Å². The Bertz CT molecular complexity index is 727. The Hall–Kier alpha value is -1.45. The van der Waals surface area contributed by atoms with Gasteiger partial charge in [0.15, 0.2) is 0 Å². The third kappa shape index (κ3) is 3.45. The summed E-state index contributed by atoms with van der Waals surface area (Å²) in [4.78, 5) is 12.9. The van der Waals surface area contributed by atoms with Gasteiger partial charge < -0.3 is 21.5 Å². The first-order chi connectivity index (χ1) is 11.7. The minimum absolute atomic E-state index is 0. The lowest BCUT2D eigenvalue weighted by atomic mass is 10.00.